The maximum Gasteiger partial charge on any atom is 0.337 e. The molecule has 0 spiro atoms. The monoisotopic (exact) mass is 646 g/mol. The number of hydrogen-bond donors (Lipinski definition) is 0. The molecule has 0 bridgehead atoms. The zero-order valence-corrected chi connectivity index (χ0v) is 23.8. The molecule has 0 atom stereocenters. The Morgan fingerprint density at radius 2 is 1.82 bits per heavy atom. The first-order valence-corrected chi connectivity index (χ1v) is 13.5. The molecule has 3 aromatic rings. The predicted octanol–water partition coefficient (Wildman–Crippen LogP) is 6.43. The summed E-state index contributed by atoms with van der Waals surface area (Å²) in [4.78, 5) is 31.2. The summed E-state index contributed by atoms with van der Waals surface area (Å²) >= 11 is 3.43. The first-order chi connectivity index (χ1) is 18.3. The summed E-state index contributed by atoms with van der Waals surface area (Å²) in [7, 11) is 2.99. The second-order valence-corrected chi connectivity index (χ2v) is 10.3. The highest BCUT2D eigenvalue weighted by Gasteiger charge is 2.30. The molecule has 1 saturated heterocycles. The molecule has 0 saturated carbocycles. The normalized spacial score (nSPS) is 15.3. The van der Waals surface area contributed by atoms with Gasteiger partial charge in [0, 0.05) is 7.05 Å². The van der Waals surface area contributed by atoms with Gasteiger partial charge in [0.05, 0.1) is 33.4 Å². The number of benzene rings is 3. The molecule has 10 heteroatoms. The molecule has 1 fully saturated rings. The van der Waals surface area contributed by atoms with E-state index in [1.807, 2.05) is 19.1 Å². The van der Waals surface area contributed by atoms with Crippen molar-refractivity contribution in [3.05, 3.63) is 91.6 Å². The van der Waals surface area contributed by atoms with Crippen molar-refractivity contribution in [3.8, 4) is 11.5 Å². The number of methoxy groups -OCH3 is 1. The van der Waals surface area contributed by atoms with Gasteiger partial charge in [0.25, 0.3) is 5.91 Å². The van der Waals surface area contributed by atoms with Crippen molar-refractivity contribution in [3.63, 3.8) is 0 Å². The van der Waals surface area contributed by atoms with Gasteiger partial charge in [-0.3, -0.25) is 9.69 Å². The van der Waals surface area contributed by atoms with Crippen LogP contribution in [0.15, 0.2) is 70.6 Å². The lowest BCUT2D eigenvalue weighted by Crippen LogP contribution is -2.23. The molecule has 0 N–H and O–H groups in total. The van der Waals surface area contributed by atoms with Crippen LogP contribution < -0.4 is 9.47 Å². The van der Waals surface area contributed by atoms with Gasteiger partial charge >= 0.3 is 5.97 Å². The van der Waals surface area contributed by atoms with Gasteiger partial charge in [-0.2, -0.15) is 0 Å². The third kappa shape index (κ3) is 6.54. The lowest BCUT2D eigenvalue weighted by atomic mass is 10.1. The molecule has 0 aromatic heterocycles. The molecule has 1 heterocycles. The van der Waals surface area contributed by atoms with E-state index >= 15 is 0 Å². The molecule has 3 aromatic carbocycles. The highest BCUT2D eigenvalue weighted by atomic mass is 127. The van der Waals surface area contributed by atoms with Gasteiger partial charge in [0.1, 0.15) is 12.4 Å². The fourth-order valence-electron chi connectivity index (χ4n) is 3.51. The molecule has 7 nitrogen and oxygen atoms in total. The predicted molar refractivity (Wildman–Crippen MR) is 154 cm³/mol. The number of nitrogens with zero attached hydrogens (tertiary/aromatic N) is 2. The minimum atomic E-state index is -0.426. The third-order valence-electron chi connectivity index (χ3n) is 5.44. The van der Waals surface area contributed by atoms with Crippen LogP contribution >= 0.6 is 34.4 Å². The summed E-state index contributed by atoms with van der Waals surface area (Å²) in [5, 5.41) is 0.519. The van der Waals surface area contributed by atoms with Gasteiger partial charge in [-0.1, -0.05) is 12.1 Å². The van der Waals surface area contributed by atoms with E-state index in [1.165, 1.54) is 35.9 Å². The zero-order chi connectivity index (χ0) is 27.2. The number of esters is 1. The van der Waals surface area contributed by atoms with Gasteiger partial charge < -0.3 is 14.2 Å². The SMILES string of the molecule is CCOc1cc(C=C2SC(=Nc3ccc(C(=O)OC)cc3)N(C)C2=O)cc(I)c1OCc1ccc(F)cc1. The summed E-state index contributed by atoms with van der Waals surface area (Å²) in [5.41, 5.74) is 2.64. The second kappa shape index (κ2) is 12.4. The Hall–Kier alpha value is -3.38. The number of carbonyl (C=O) groups is 2. The largest absolute Gasteiger partial charge is 0.490 e. The maximum atomic E-state index is 13.2. The molecule has 1 aliphatic heterocycles. The Labute approximate surface area is 237 Å². The van der Waals surface area contributed by atoms with E-state index in [4.69, 9.17) is 14.2 Å². The number of thioether (sulfide) groups is 1. The summed E-state index contributed by atoms with van der Waals surface area (Å²) in [5.74, 6) is 0.232. The van der Waals surface area contributed by atoms with Gasteiger partial charge in [-0.05, 0) is 107 Å². The summed E-state index contributed by atoms with van der Waals surface area (Å²) in [6, 6.07) is 16.5. The average molecular weight is 646 g/mol. The lowest BCUT2D eigenvalue weighted by molar-refractivity contribution is -0.121. The zero-order valence-electron chi connectivity index (χ0n) is 20.9. The molecule has 4 rings (SSSR count). The molecule has 38 heavy (non-hydrogen) atoms. The lowest BCUT2D eigenvalue weighted by Gasteiger charge is -2.15. The minimum absolute atomic E-state index is 0.176. The molecule has 0 aliphatic carbocycles. The van der Waals surface area contributed by atoms with Crippen molar-refractivity contribution in [1.29, 1.82) is 0 Å². The molecule has 1 amide bonds. The first-order valence-electron chi connectivity index (χ1n) is 11.6. The number of halogens is 2. The molecule has 0 unspecified atom stereocenters. The number of ether oxygens (including phenoxy) is 3. The Morgan fingerprint density at radius 3 is 2.47 bits per heavy atom. The highest BCUT2D eigenvalue weighted by Crippen LogP contribution is 2.38. The number of hydrogen-bond acceptors (Lipinski definition) is 7. The van der Waals surface area contributed by atoms with Gasteiger partial charge in [-0.15, -0.1) is 0 Å². The standard InChI is InChI=1S/C28H24FIN2O5S/c1-4-36-23-14-18(13-22(30)25(23)37-16-17-5-9-20(29)10-6-17)15-24-26(33)32(2)28(38-24)31-21-11-7-19(8-12-21)27(34)35-3/h5-15H,4,16H2,1-3H3. The van der Waals surface area contributed by atoms with Gasteiger partial charge in [0.15, 0.2) is 16.7 Å². The number of amides is 1. The van der Waals surface area contributed by atoms with E-state index in [0.717, 1.165) is 14.7 Å². The molecule has 196 valence electrons. The quantitative estimate of drug-likeness (QED) is 0.160. The molecular formula is C28H24FIN2O5S. The number of carbonyl (C=O) groups excluding carboxylic acids is 2. The number of aliphatic imine (C=N–C) groups is 1. The van der Waals surface area contributed by atoms with Crippen LogP contribution in [0.25, 0.3) is 6.08 Å². The number of rotatable bonds is 8. The highest BCUT2D eigenvalue weighted by molar-refractivity contribution is 14.1. The Kier molecular flexibility index (Phi) is 9.05. The summed E-state index contributed by atoms with van der Waals surface area (Å²) in [6.07, 6.45) is 1.79. The topological polar surface area (TPSA) is 77.4 Å². The second-order valence-electron chi connectivity index (χ2n) is 8.09. The van der Waals surface area contributed by atoms with E-state index in [-0.39, 0.29) is 18.3 Å². The Balaban J connectivity index is 1.55. The van der Waals surface area contributed by atoms with Crippen LogP contribution in [0.1, 0.15) is 28.4 Å². The first kappa shape index (κ1) is 27.6. The van der Waals surface area contributed by atoms with Crippen molar-refractivity contribution < 1.29 is 28.2 Å². The van der Waals surface area contributed by atoms with Gasteiger partial charge in [-0.25, -0.2) is 14.2 Å². The van der Waals surface area contributed by atoms with Crippen molar-refractivity contribution >= 4 is 63.2 Å². The fourth-order valence-corrected chi connectivity index (χ4v) is 5.28. The molecule has 0 radical (unpaired) electrons. The number of likely N-dealkylation sites (N-methyl/N-ethyl adjacent to an activating group) is 1. The molecular weight excluding hydrogens is 622 g/mol. The van der Waals surface area contributed by atoms with Crippen molar-refractivity contribution in [1.82, 2.24) is 4.90 Å². The van der Waals surface area contributed by atoms with Crippen molar-refractivity contribution in [2.24, 2.45) is 4.99 Å². The maximum absolute atomic E-state index is 13.2. The third-order valence-corrected chi connectivity index (χ3v) is 7.30. The average Bonchev–Trinajstić information content (AvgIpc) is 3.17. The van der Waals surface area contributed by atoms with E-state index in [2.05, 4.69) is 27.6 Å². The van der Waals surface area contributed by atoms with Gasteiger partial charge in [0.2, 0.25) is 0 Å². The van der Waals surface area contributed by atoms with Crippen molar-refractivity contribution in [2.75, 3.05) is 20.8 Å². The summed E-state index contributed by atoms with van der Waals surface area (Å²) < 4.78 is 30.6. The van der Waals surface area contributed by atoms with Crippen LogP contribution in [0.2, 0.25) is 0 Å². The minimum Gasteiger partial charge on any atom is -0.490 e. The van der Waals surface area contributed by atoms with Crippen molar-refractivity contribution in [2.45, 2.75) is 13.5 Å². The van der Waals surface area contributed by atoms with Crippen LogP contribution in [-0.2, 0) is 16.1 Å². The Morgan fingerprint density at radius 1 is 1.11 bits per heavy atom. The van der Waals surface area contributed by atoms with Crippen LogP contribution in [0, 0.1) is 9.39 Å². The van der Waals surface area contributed by atoms with Crippen LogP contribution in [0.5, 0.6) is 11.5 Å². The fraction of sp³-hybridized carbons (Fsp3) is 0.179. The van der Waals surface area contributed by atoms with Crippen LogP contribution in [0.3, 0.4) is 0 Å². The van der Waals surface area contributed by atoms with E-state index < -0.39 is 5.97 Å². The molecule has 1 aliphatic rings. The van der Waals surface area contributed by atoms with Crippen LogP contribution in [0.4, 0.5) is 10.1 Å². The van der Waals surface area contributed by atoms with Crippen LogP contribution in [-0.4, -0.2) is 42.7 Å². The van der Waals surface area contributed by atoms with E-state index in [0.29, 0.717) is 39.4 Å². The number of amidine groups is 1. The summed E-state index contributed by atoms with van der Waals surface area (Å²) in [6.45, 7) is 2.58. The Bertz CT molecular complexity index is 1410. The van der Waals surface area contributed by atoms with E-state index in [1.54, 1.807) is 49.5 Å². The van der Waals surface area contributed by atoms with E-state index in [9.17, 15) is 14.0 Å². The smallest absolute Gasteiger partial charge is 0.337 e.